The van der Waals surface area contributed by atoms with Gasteiger partial charge in [-0.05, 0) is 25.0 Å². The fourth-order valence-electron chi connectivity index (χ4n) is 1.29. The SMILES string of the molecule is CCCc1c(C)ccc(O)c1O. The van der Waals surface area contributed by atoms with Crippen LogP contribution in [0.25, 0.3) is 0 Å². The summed E-state index contributed by atoms with van der Waals surface area (Å²) in [5, 5.41) is 18.7. The Hall–Kier alpha value is -1.18. The number of benzene rings is 1. The van der Waals surface area contributed by atoms with E-state index in [0.717, 1.165) is 24.0 Å². The molecule has 0 radical (unpaired) electrons. The molecule has 0 aliphatic carbocycles. The molecule has 2 N–H and O–H groups in total. The molecule has 66 valence electrons. The molecule has 0 heterocycles. The highest BCUT2D eigenvalue weighted by Gasteiger charge is 2.07. The van der Waals surface area contributed by atoms with Gasteiger partial charge in [-0.15, -0.1) is 0 Å². The zero-order chi connectivity index (χ0) is 9.14. The Morgan fingerprint density at radius 3 is 2.50 bits per heavy atom. The number of phenols is 2. The van der Waals surface area contributed by atoms with Crippen molar-refractivity contribution in [2.75, 3.05) is 0 Å². The zero-order valence-corrected chi connectivity index (χ0v) is 7.46. The second kappa shape index (κ2) is 3.48. The second-order valence-corrected chi connectivity index (χ2v) is 2.98. The highest BCUT2D eigenvalue weighted by molar-refractivity contribution is 5.48. The van der Waals surface area contributed by atoms with Gasteiger partial charge >= 0.3 is 0 Å². The molecule has 1 aromatic rings. The van der Waals surface area contributed by atoms with Crippen LogP contribution in [0, 0.1) is 6.92 Å². The molecule has 1 aromatic carbocycles. The van der Waals surface area contributed by atoms with Crippen molar-refractivity contribution in [1.29, 1.82) is 0 Å². The lowest BCUT2D eigenvalue weighted by Gasteiger charge is -2.07. The quantitative estimate of drug-likeness (QED) is 0.662. The van der Waals surface area contributed by atoms with E-state index in [0.29, 0.717) is 0 Å². The van der Waals surface area contributed by atoms with E-state index in [1.165, 1.54) is 6.07 Å². The van der Waals surface area contributed by atoms with Crippen LogP contribution in [0.3, 0.4) is 0 Å². The minimum Gasteiger partial charge on any atom is -0.504 e. The second-order valence-electron chi connectivity index (χ2n) is 2.98. The summed E-state index contributed by atoms with van der Waals surface area (Å²) in [6.07, 6.45) is 1.78. The Balaban J connectivity index is 3.14. The van der Waals surface area contributed by atoms with Crippen LogP contribution in [0.2, 0.25) is 0 Å². The lowest BCUT2D eigenvalue weighted by atomic mass is 10.0. The van der Waals surface area contributed by atoms with E-state index in [1.54, 1.807) is 0 Å². The highest BCUT2D eigenvalue weighted by atomic mass is 16.3. The maximum atomic E-state index is 9.46. The third-order valence-corrected chi connectivity index (χ3v) is 2.00. The van der Waals surface area contributed by atoms with Gasteiger partial charge in [0, 0.05) is 5.56 Å². The maximum absolute atomic E-state index is 9.46. The minimum atomic E-state index is -0.0240. The first kappa shape index (κ1) is 8.91. The summed E-state index contributed by atoms with van der Waals surface area (Å²) < 4.78 is 0. The van der Waals surface area contributed by atoms with Gasteiger partial charge in [-0.3, -0.25) is 0 Å². The molecule has 0 unspecified atom stereocenters. The maximum Gasteiger partial charge on any atom is 0.160 e. The highest BCUT2D eigenvalue weighted by Crippen LogP contribution is 2.31. The van der Waals surface area contributed by atoms with Gasteiger partial charge in [-0.1, -0.05) is 19.4 Å². The first-order valence-corrected chi connectivity index (χ1v) is 4.17. The number of aromatic hydroxyl groups is 2. The summed E-state index contributed by atoms with van der Waals surface area (Å²) in [7, 11) is 0. The van der Waals surface area contributed by atoms with Crippen molar-refractivity contribution in [1.82, 2.24) is 0 Å². The summed E-state index contributed by atoms with van der Waals surface area (Å²) >= 11 is 0. The molecule has 0 atom stereocenters. The fraction of sp³-hybridized carbons (Fsp3) is 0.400. The first-order valence-electron chi connectivity index (χ1n) is 4.17. The van der Waals surface area contributed by atoms with E-state index in [1.807, 2.05) is 19.9 Å². The molecule has 0 saturated carbocycles. The minimum absolute atomic E-state index is 0.0240. The number of aryl methyl sites for hydroxylation is 1. The predicted octanol–water partition coefficient (Wildman–Crippen LogP) is 2.36. The smallest absolute Gasteiger partial charge is 0.160 e. The average molecular weight is 166 g/mol. The standard InChI is InChI=1S/C10H14O2/c1-3-4-8-7(2)5-6-9(11)10(8)12/h5-6,11-12H,3-4H2,1-2H3. The van der Waals surface area contributed by atoms with Crippen LogP contribution in [0.1, 0.15) is 24.5 Å². The predicted molar refractivity (Wildman–Crippen MR) is 48.5 cm³/mol. The number of phenolic OH excluding ortho intramolecular Hbond substituents is 2. The van der Waals surface area contributed by atoms with Crippen molar-refractivity contribution in [3.63, 3.8) is 0 Å². The molecule has 0 aromatic heterocycles. The van der Waals surface area contributed by atoms with E-state index in [2.05, 4.69) is 0 Å². The average Bonchev–Trinajstić information content (AvgIpc) is 2.06. The Labute approximate surface area is 72.5 Å². The van der Waals surface area contributed by atoms with Crippen molar-refractivity contribution < 1.29 is 10.2 Å². The summed E-state index contributed by atoms with van der Waals surface area (Å²) in [4.78, 5) is 0. The van der Waals surface area contributed by atoms with Crippen molar-refractivity contribution in [2.45, 2.75) is 26.7 Å². The molecule has 0 spiro atoms. The topological polar surface area (TPSA) is 40.5 Å². The van der Waals surface area contributed by atoms with Gasteiger partial charge in [0.05, 0.1) is 0 Å². The van der Waals surface area contributed by atoms with Crippen LogP contribution in [-0.2, 0) is 6.42 Å². The fourth-order valence-corrected chi connectivity index (χ4v) is 1.29. The van der Waals surface area contributed by atoms with E-state index in [9.17, 15) is 10.2 Å². The van der Waals surface area contributed by atoms with Crippen molar-refractivity contribution in [2.24, 2.45) is 0 Å². The van der Waals surface area contributed by atoms with E-state index in [4.69, 9.17) is 0 Å². The van der Waals surface area contributed by atoms with Crippen molar-refractivity contribution >= 4 is 0 Å². The molecule has 0 amide bonds. The van der Waals surface area contributed by atoms with Crippen LogP contribution in [0.15, 0.2) is 12.1 Å². The van der Waals surface area contributed by atoms with E-state index in [-0.39, 0.29) is 11.5 Å². The molecule has 0 fully saturated rings. The van der Waals surface area contributed by atoms with Gasteiger partial charge in [0.2, 0.25) is 0 Å². The summed E-state index contributed by atoms with van der Waals surface area (Å²) in [5.41, 5.74) is 1.89. The Morgan fingerprint density at radius 2 is 1.92 bits per heavy atom. The molecule has 0 aliphatic heterocycles. The van der Waals surface area contributed by atoms with E-state index < -0.39 is 0 Å². The summed E-state index contributed by atoms with van der Waals surface area (Å²) in [6, 6.07) is 3.34. The van der Waals surface area contributed by atoms with Gasteiger partial charge in [0.1, 0.15) is 0 Å². The third kappa shape index (κ3) is 1.52. The Kier molecular flexibility index (Phi) is 2.58. The largest absolute Gasteiger partial charge is 0.504 e. The molecular formula is C10H14O2. The van der Waals surface area contributed by atoms with Gasteiger partial charge in [0.15, 0.2) is 11.5 Å². The molecule has 2 nitrogen and oxygen atoms in total. The number of hydrogen-bond donors (Lipinski definition) is 2. The first-order chi connectivity index (χ1) is 5.66. The zero-order valence-electron chi connectivity index (χ0n) is 7.46. The normalized spacial score (nSPS) is 10.2. The van der Waals surface area contributed by atoms with Crippen LogP contribution in [-0.4, -0.2) is 10.2 Å². The van der Waals surface area contributed by atoms with Crippen molar-refractivity contribution in [3.8, 4) is 11.5 Å². The van der Waals surface area contributed by atoms with Gasteiger partial charge in [-0.2, -0.15) is 0 Å². The Morgan fingerprint density at radius 1 is 1.25 bits per heavy atom. The molecule has 2 heteroatoms. The number of rotatable bonds is 2. The molecule has 0 saturated heterocycles. The molecule has 0 aliphatic rings. The van der Waals surface area contributed by atoms with Gasteiger partial charge in [-0.25, -0.2) is 0 Å². The molecule has 1 rings (SSSR count). The summed E-state index contributed by atoms with van der Waals surface area (Å²) in [5.74, 6) is 0.0147. The van der Waals surface area contributed by atoms with Crippen LogP contribution in [0.5, 0.6) is 11.5 Å². The summed E-state index contributed by atoms with van der Waals surface area (Å²) in [6.45, 7) is 3.98. The van der Waals surface area contributed by atoms with Crippen LogP contribution < -0.4 is 0 Å². The Bertz CT molecular complexity index is 279. The van der Waals surface area contributed by atoms with Gasteiger partial charge in [0.25, 0.3) is 0 Å². The molecule has 12 heavy (non-hydrogen) atoms. The van der Waals surface area contributed by atoms with Gasteiger partial charge < -0.3 is 10.2 Å². The lowest BCUT2D eigenvalue weighted by Crippen LogP contribution is -1.89. The van der Waals surface area contributed by atoms with Crippen LogP contribution >= 0.6 is 0 Å². The molecular weight excluding hydrogens is 152 g/mol. The molecule has 0 bridgehead atoms. The third-order valence-electron chi connectivity index (χ3n) is 2.00. The van der Waals surface area contributed by atoms with Crippen molar-refractivity contribution in [3.05, 3.63) is 23.3 Å². The monoisotopic (exact) mass is 166 g/mol. The van der Waals surface area contributed by atoms with E-state index >= 15 is 0 Å². The number of hydrogen-bond acceptors (Lipinski definition) is 2. The van der Waals surface area contributed by atoms with Crippen LogP contribution in [0.4, 0.5) is 0 Å². The lowest BCUT2D eigenvalue weighted by molar-refractivity contribution is 0.398.